The Balaban J connectivity index is 1.59. The fourth-order valence-corrected chi connectivity index (χ4v) is 3.15. The SMILES string of the molecule is CC1C=Nc2ncn(Cc3nc([C@H]4CNCC4C)no3)c(=O)c21. The summed E-state index contributed by atoms with van der Waals surface area (Å²) in [5.74, 6) is 2.36. The van der Waals surface area contributed by atoms with Crippen molar-refractivity contribution in [3.8, 4) is 0 Å². The fraction of sp³-hybridized carbons (Fsp3) is 0.533. The minimum absolute atomic E-state index is 0.0129. The van der Waals surface area contributed by atoms with Crippen molar-refractivity contribution in [2.45, 2.75) is 32.2 Å². The smallest absolute Gasteiger partial charge is 0.259 e. The molecule has 8 nitrogen and oxygen atoms in total. The van der Waals surface area contributed by atoms with E-state index in [-0.39, 0.29) is 23.9 Å². The van der Waals surface area contributed by atoms with Crippen molar-refractivity contribution >= 4 is 12.0 Å². The monoisotopic (exact) mass is 314 g/mol. The highest BCUT2D eigenvalue weighted by molar-refractivity contribution is 5.77. The van der Waals surface area contributed by atoms with Crippen LogP contribution in [0, 0.1) is 5.92 Å². The van der Waals surface area contributed by atoms with Crippen molar-refractivity contribution in [1.82, 2.24) is 25.0 Å². The molecule has 4 rings (SSSR count). The molecule has 8 heteroatoms. The van der Waals surface area contributed by atoms with E-state index in [0.717, 1.165) is 13.1 Å². The first-order chi connectivity index (χ1) is 11.1. The largest absolute Gasteiger partial charge is 0.337 e. The quantitative estimate of drug-likeness (QED) is 0.900. The van der Waals surface area contributed by atoms with E-state index in [0.29, 0.717) is 29.0 Å². The highest BCUT2D eigenvalue weighted by Crippen LogP contribution is 2.26. The Hall–Kier alpha value is -2.35. The van der Waals surface area contributed by atoms with Crippen molar-refractivity contribution in [1.29, 1.82) is 0 Å². The number of hydrogen-bond donors (Lipinski definition) is 1. The Morgan fingerprint density at radius 2 is 2.26 bits per heavy atom. The summed E-state index contributed by atoms with van der Waals surface area (Å²) in [6.45, 7) is 6.14. The van der Waals surface area contributed by atoms with Crippen LogP contribution in [0.1, 0.15) is 43.0 Å². The second kappa shape index (κ2) is 5.38. The molecule has 2 aliphatic heterocycles. The third-order valence-corrected chi connectivity index (χ3v) is 4.57. The van der Waals surface area contributed by atoms with Gasteiger partial charge in [-0.1, -0.05) is 19.0 Å². The summed E-state index contributed by atoms with van der Waals surface area (Å²) < 4.78 is 6.82. The predicted octanol–water partition coefficient (Wildman–Crippen LogP) is 0.817. The maximum atomic E-state index is 12.5. The summed E-state index contributed by atoms with van der Waals surface area (Å²) in [6.07, 6.45) is 3.23. The number of nitrogens with one attached hydrogen (secondary N) is 1. The number of nitrogens with zero attached hydrogens (tertiary/aromatic N) is 5. The zero-order valence-corrected chi connectivity index (χ0v) is 13.1. The number of rotatable bonds is 3. The molecule has 2 aromatic heterocycles. The van der Waals surface area contributed by atoms with Gasteiger partial charge in [-0.25, -0.2) is 9.98 Å². The van der Waals surface area contributed by atoms with Crippen LogP contribution in [0.15, 0.2) is 20.6 Å². The van der Waals surface area contributed by atoms with Gasteiger partial charge in [-0.05, 0) is 12.5 Å². The summed E-state index contributed by atoms with van der Waals surface area (Å²) in [7, 11) is 0. The van der Waals surface area contributed by atoms with E-state index in [1.165, 1.54) is 10.9 Å². The average Bonchev–Trinajstić information content (AvgIpc) is 3.23. The van der Waals surface area contributed by atoms with Crippen LogP contribution in [0.5, 0.6) is 0 Å². The van der Waals surface area contributed by atoms with Gasteiger partial charge in [-0.15, -0.1) is 0 Å². The molecule has 0 saturated carbocycles. The molecule has 0 bridgehead atoms. The average molecular weight is 314 g/mol. The van der Waals surface area contributed by atoms with Gasteiger partial charge in [0.1, 0.15) is 12.9 Å². The van der Waals surface area contributed by atoms with Gasteiger partial charge >= 0.3 is 0 Å². The lowest BCUT2D eigenvalue weighted by Crippen LogP contribution is -2.25. The summed E-state index contributed by atoms with van der Waals surface area (Å²) in [4.78, 5) is 25.4. The topological polar surface area (TPSA) is 98.2 Å². The molecule has 1 N–H and O–H groups in total. The van der Waals surface area contributed by atoms with Gasteiger partial charge in [-0.3, -0.25) is 9.36 Å². The Labute approximate surface area is 132 Å². The molecule has 2 aliphatic rings. The molecule has 1 fully saturated rings. The third kappa shape index (κ3) is 2.39. The van der Waals surface area contributed by atoms with E-state index >= 15 is 0 Å². The van der Waals surface area contributed by atoms with E-state index in [1.807, 2.05) is 6.92 Å². The number of hydrogen-bond acceptors (Lipinski definition) is 7. The molecular weight excluding hydrogens is 296 g/mol. The third-order valence-electron chi connectivity index (χ3n) is 4.57. The maximum absolute atomic E-state index is 12.5. The predicted molar refractivity (Wildman–Crippen MR) is 83.2 cm³/mol. The van der Waals surface area contributed by atoms with Crippen molar-refractivity contribution in [3.63, 3.8) is 0 Å². The van der Waals surface area contributed by atoms with Gasteiger partial charge in [-0.2, -0.15) is 4.98 Å². The van der Waals surface area contributed by atoms with E-state index in [2.05, 4.69) is 32.4 Å². The number of aliphatic imine (C=N–C) groups is 1. The second-order valence-electron chi connectivity index (χ2n) is 6.27. The molecule has 0 radical (unpaired) electrons. The van der Waals surface area contributed by atoms with E-state index in [9.17, 15) is 4.79 Å². The van der Waals surface area contributed by atoms with Gasteiger partial charge < -0.3 is 9.84 Å². The zero-order valence-electron chi connectivity index (χ0n) is 13.1. The molecule has 120 valence electrons. The molecule has 23 heavy (non-hydrogen) atoms. The van der Waals surface area contributed by atoms with Crippen molar-refractivity contribution < 1.29 is 4.52 Å². The standard InChI is InChI=1S/C15H18N6O2/c1-8-3-16-5-10(8)13-19-11(23-20-13)6-21-7-18-14-12(15(21)22)9(2)4-17-14/h4,7-10,16H,3,5-6H2,1-2H3/t8?,9?,10-/m0/s1. The van der Waals surface area contributed by atoms with Gasteiger partial charge in [0.05, 0.1) is 5.56 Å². The van der Waals surface area contributed by atoms with Gasteiger partial charge in [0, 0.05) is 24.6 Å². The molecule has 4 heterocycles. The summed E-state index contributed by atoms with van der Waals surface area (Å²) in [5, 5.41) is 7.40. The first-order valence-electron chi connectivity index (χ1n) is 7.80. The van der Waals surface area contributed by atoms with Gasteiger partial charge in [0.2, 0.25) is 5.89 Å². The lowest BCUT2D eigenvalue weighted by molar-refractivity contribution is 0.358. The van der Waals surface area contributed by atoms with Crippen LogP contribution in [-0.2, 0) is 6.54 Å². The molecule has 2 aromatic rings. The van der Waals surface area contributed by atoms with Gasteiger partial charge in [0.15, 0.2) is 11.6 Å². The normalized spacial score (nSPS) is 25.9. The Kier molecular flexibility index (Phi) is 3.33. The molecule has 0 aliphatic carbocycles. The Morgan fingerprint density at radius 3 is 3.04 bits per heavy atom. The fourth-order valence-electron chi connectivity index (χ4n) is 3.15. The van der Waals surface area contributed by atoms with Crippen molar-refractivity contribution in [2.75, 3.05) is 13.1 Å². The van der Waals surface area contributed by atoms with Crippen LogP contribution < -0.4 is 10.9 Å². The van der Waals surface area contributed by atoms with Crippen LogP contribution in [0.3, 0.4) is 0 Å². The van der Waals surface area contributed by atoms with Crippen molar-refractivity contribution in [3.05, 3.63) is 34.0 Å². The highest BCUT2D eigenvalue weighted by atomic mass is 16.5. The van der Waals surface area contributed by atoms with Crippen LogP contribution in [0.4, 0.5) is 5.82 Å². The lowest BCUT2D eigenvalue weighted by Gasteiger charge is -2.08. The lowest BCUT2D eigenvalue weighted by atomic mass is 9.98. The zero-order chi connectivity index (χ0) is 16.0. The first kappa shape index (κ1) is 14.3. The van der Waals surface area contributed by atoms with Crippen LogP contribution in [-0.4, -0.2) is 39.0 Å². The highest BCUT2D eigenvalue weighted by Gasteiger charge is 2.29. The van der Waals surface area contributed by atoms with Crippen LogP contribution in [0.2, 0.25) is 0 Å². The summed E-state index contributed by atoms with van der Waals surface area (Å²) >= 11 is 0. The molecule has 0 aromatic carbocycles. The molecule has 3 atom stereocenters. The van der Waals surface area contributed by atoms with E-state index in [4.69, 9.17) is 4.52 Å². The van der Waals surface area contributed by atoms with Crippen LogP contribution in [0.25, 0.3) is 0 Å². The van der Waals surface area contributed by atoms with Crippen LogP contribution >= 0.6 is 0 Å². The molecule has 0 spiro atoms. The summed E-state index contributed by atoms with van der Waals surface area (Å²) in [5.41, 5.74) is 0.525. The maximum Gasteiger partial charge on any atom is 0.259 e. The Bertz CT molecular complexity index is 824. The number of fused-ring (bicyclic) bond motifs is 1. The molecular formula is C15H18N6O2. The summed E-state index contributed by atoms with van der Waals surface area (Å²) in [6, 6.07) is 0. The van der Waals surface area contributed by atoms with E-state index in [1.54, 1.807) is 6.21 Å². The molecule has 1 saturated heterocycles. The second-order valence-corrected chi connectivity index (χ2v) is 6.27. The van der Waals surface area contributed by atoms with E-state index < -0.39 is 0 Å². The Morgan fingerprint density at radius 1 is 1.39 bits per heavy atom. The minimum atomic E-state index is -0.101. The first-order valence-corrected chi connectivity index (χ1v) is 7.80. The van der Waals surface area contributed by atoms with Crippen molar-refractivity contribution in [2.24, 2.45) is 10.9 Å². The van der Waals surface area contributed by atoms with Gasteiger partial charge in [0.25, 0.3) is 5.56 Å². The number of aromatic nitrogens is 4. The molecule has 2 unspecified atom stereocenters. The molecule has 0 amide bonds. The minimum Gasteiger partial charge on any atom is -0.337 e.